The standard InChI is InChI=1S/C11H11FN2O/c12-8-4-3-7(6-13)10(11(8)15)9-2-1-5-14-9/h3-4,9,14-15H,1-2,5H2/t9-/m1/s1. The normalized spacial score (nSPS) is 20.1. The fourth-order valence-corrected chi connectivity index (χ4v) is 1.96. The van der Waals surface area contributed by atoms with E-state index in [1.54, 1.807) is 0 Å². The number of nitriles is 1. The van der Waals surface area contributed by atoms with Gasteiger partial charge in [0.15, 0.2) is 11.6 Å². The van der Waals surface area contributed by atoms with Crippen LogP contribution in [0.4, 0.5) is 4.39 Å². The lowest BCUT2D eigenvalue weighted by atomic mass is 9.98. The molecule has 0 aromatic heterocycles. The molecule has 1 aromatic rings. The van der Waals surface area contributed by atoms with Gasteiger partial charge in [0.25, 0.3) is 0 Å². The SMILES string of the molecule is N#Cc1ccc(F)c(O)c1[C@H]1CCCN1. The van der Waals surface area contributed by atoms with Crippen LogP contribution in [0.15, 0.2) is 12.1 Å². The van der Waals surface area contributed by atoms with Gasteiger partial charge in [-0.3, -0.25) is 0 Å². The minimum Gasteiger partial charge on any atom is -0.505 e. The number of nitrogens with one attached hydrogen (secondary N) is 1. The molecule has 0 amide bonds. The fraction of sp³-hybridized carbons (Fsp3) is 0.364. The minimum absolute atomic E-state index is 0.102. The molecule has 78 valence electrons. The topological polar surface area (TPSA) is 56.0 Å². The summed E-state index contributed by atoms with van der Waals surface area (Å²) in [5.41, 5.74) is 0.739. The fourth-order valence-electron chi connectivity index (χ4n) is 1.96. The highest BCUT2D eigenvalue weighted by atomic mass is 19.1. The number of nitrogens with zero attached hydrogens (tertiary/aromatic N) is 1. The van der Waals surface area contributed by atoms with Gasteiger partial charge in [-0.2, -0.15) is 5.26 Å². The minimum atomic E-state index is -0.669. The van der Waals surface area contributed by atoms with Crippen LogP contribution in [0.2, 0.25) is 0 Å². The quantitative estimate of drug-likeness (QED) is 0.737. The Bertz CT molecular complexity index is 419. The second-order valence-electron chi connectivity index (χ2n) is 3.62. The molecular formula is C11H11FN2O. The van der Waals surface area contributed by atoms with Gasteiger partial charge in [0.1, 0.15) is 0 Å². The van der Waals surface area contributed by atoms with Crippen molar-refractivity contribution in [1.82, 2.24) is 5.32 Å². The molecule has 1 saturated heterocycles. The average molecular weight is 206 g/mol. The van der Waals surface area contributed by atoms with Crippen molar-refractivity contribution in [2.75, 3.05) is 6.54 Å². The van der Waals surface area contributed by atoms with E-state index in [9.17, 15) is 9.50 Å². The van der Waals surface area contributed by atoms with Crippen molar-refractivity contribution in [2.24, 2.45) is 0 Å². The first-order valence-electron chi connectivity index (χ1n) is 4.89. The lowest BCUT2D eigenvalue weighted by Crippen LogP contribution is -2.14. The Morgan fingerprint density at radius 3 is 2.93 bits per heavy atom. The van der Waals surface area contributed by atoms with Gasteiger partial charge in [-0.05, 0) is 31.5 Å². The summed E-state index contributed by atoms with van der Waals surface area (Å²) in [6, 6.07) is 4.40. The molecule has 1 heterocycles. The van der Waals surface area contributed by atoms with Crippen LogP contribution in [-0.4, -0.2) is 11.7 Å². The highest BCUT2D eigenvalue weighted by Crippen LogP contribution is 2.34. The highest BCUT2D eigenvalue weighted by molar-refractivity contribution is 5.48. The summed E-state index contributed by atoms with van der Waals surface area (Å²) in [6.45, 7) is 0.839. The molecule has 1 aliphatic heterocycles. The van der Waals surface area contributed by atoms with Gasteiger partial charge in [-0.25, -0.2) is 4.39 Å². The van der Waals surface area contributed by atoms with E-state index in [0.29, 0.717) is 11.1 Å². The number of phenols is 1. The predicted octanol–water partition coefficient (Wildman–Crippen LogP) is 1.83. The van der Waals surface area contributed by atoms with Crippen LogP contribution >= 0.6 is 0 Å². The van der Waals surface area contributed by atoms with E-state index in [4.69, 9.17) is 5.26 Å². The van der Waals surface area contributed by atoms with Crippen LogP contribution in [0.25, 0.3) is 0 Å². The van der Waals surface area contributed by atoms with Gasteiger partial charge in [-0.1, -0.05) is 0 Å². The van der Waals surface area contributed by atoms with Gasteiger partial charge >= 0.3 is 0 Å². The van der Waals surface area contributed by atoms with E-state index in [1.165, 1.54) is 6.07 Å². The van der Waals surface area contributed by atoms with Crippen LogP contribution in [0.1, 0.15) is 30.0 Å². The van der Waals surface area contributed by atoms with Crippen molar-refractivity contribution in [1.29, 1.82) is 5.26 Å². The molecule has 1 fully saturated rings. The molecule has 1 aromatic carbocycles. The smallest absolute Gasteiger partial charge is 0.165 e. The lowest BCUT2D eigenvalue weighted by molar-refractivity contribution is 0.417. The Kier molecular flexibility index (Phi) is 2.57. The average Bonchev–Trinajstić information content (AvgIpc) is 2.75. The summed E-state index contributed by atoms with van der Waals surface area (Å²) < 4.78 is 13.2. The monoisotopic (exact) mass is 206 g/mol. The summed E-state index contributed by atoms with van der Waals surface area (Å²) in [6.07, 6.45) is 1.80. The van der Waals surface area contributed by atoms with Crippen LogP contribution in [0, 0.1) is 17.1 Å². The van der Waals surface area contributed by atoms with E-state index in [1.807, 2.05) is 6.07 Å². The van der Waals surface area contributed by atoms with Gasteiger partial charge in [-0.15, -0.1) is 0 Å². The van der Waals surface area contributed by atoms with Gasteiger partial charge in [0.05, 0.1) is 11.6 Å². The Morgan fingerprint density at radius 2 is 2.33 bits per heavy atom. The van der Waals surface area contributed by atoms with E-state index >= 15 is 0 Å². The molecule has 0 radical (unpaired) electrons. The Labute approximate surface area is 87.2 Å². The van der Waals surface area contributed by atoms with E-state index in [-0.39, 0.29) is 6.04 Å². The molecular weight excluding hydrogens is 195 g/mol. The zero-order valence-corrected chi connectivity index (χ0v) is 8.13. The van der Waals surface area contributed by atoms with Crippen LogP contribution in [-0.2, 0) is 0 Å². The van der Waals surface area contributed by atoms with Gasteiger partial charge in [0, 0.05) is 11.6 Å². The molecule has 1 atom stereocenters. The molecule has 2 N–H and O–H groups in total. The van der Waals surface area contributed by atoms with E-state index < -0.39 is 11.6 Å². The Morgan fingerprint density at radius 1 is 1.53 bits per heavy atom. The zero-order valence-electron chi connectivity index (χ0n) is 8.13. The molecule has 3 nitrogen and oxygen atoms in total. The number of rotatable bonds is 1. The number of hydrogen-bond acceptors (Lipinski definition) is 3. The second kappa shape index (κ2) is 3.87. The molecule has 0 bridgehead atoms. The molecule has 15 heavy (non-hydrogen) atoms. The molecule has 4 heteroatoms. The number of phenolic OH excluding ortho intramolecular Hbond substituents is 1. The number of hydrogen-bond donors (Lipinski definition) is 2. The van der Waals surface area contributed by atoms with Crippen LogP contribution in [0.5, 0.6) is 5.75 Å². The van der Waals surface area contributed by atoms with Gasteiger partial charge in [0.2, 0.25) is 0 Å². The summed E-state index contributed by atoms with van der Waals surface area (Å²) in [5, 5.41) is 21.6. The second-order valence-corrected chi connectivity index (χ2v) is 3.62. The third-order valence-electron chi connectivity index (χ3n) is 2.70. The predicted molar refractivity (Wildman–Crippen MR) is 52.8 cm³/mol. The van der Waals surface area contributed by atoms with Crippen LogP contribution in [0.3, 0.4) is 0 Å². The first-order valence-corrected chi connectivity index (χ1v) is 4.89. The maximum Gasteiger partial charge on any atom is 0.165 e. The molecule has 0 aliphatic carbocycles. The van der Waals surface area contributed by atoms with Crippen molar-refractivity contribution in [3.05, 3.63) is 29.1 Å². The van der Waals surface area contributed by atoms with E-state index in [2.05, 4.69) is 5.32 Å². The zero-order chi connectivity index (χ0) is 10.8. The van der Waals surface area contributed by atoms with Gasteiger partial charge < -0.3 is 10.4 Å². The number of aromatic hydroxyl groups is 1. The maximum atomic E-state index is 13.2. The molecule has 1 aliphatic rings. The first-order chi connectivity index (χ1) is 7.24. The van der Waals surface area contributed by atoms with Crippen molar-refractivity contribution < 1.29 is 9.50 Å². The van der Waals surface area contributed by atoms with Crippen molar-refractivity contribution in [3.8, 4) is 11.8 Å². The summed E-state index contributed by atoms with van der Waals surface area (Å²) >= 11 is 0. The third kappa shape index (κ3) is 1.66. The summed E-state index contributed by atoms with van der Waals surface area (Å²) in [4.78, 5) is 0. The summed E-state index contributed by atoms with van der Waals surface area (Å²) in [7, 11) is 0. The Balaban J connectivity index is 2.51. The number of benzene rings is 1. The lowest BCUT2D eigenvalue weighted by Gasteiger charge is -2.14. The van der Waals surface area contributed by atoms with E-state index in [0.717, 1.165) is 25.5 Å². The van der Waals surface area contributed by atoms with Crippen molar-refractivity contribution in [2.45, 2.75) is 18.9 Å². The maximum absolute atomic E-state index is 13.2. The van der Waals surface area contributed by atoms with Crippen molar-refractivity contribution >= 4 is 0 Å². The first kappa shape index (κ1) is 9.94. The van der Waals surface area contributed by atoms with Crippen LogP contribution < -0.4 is 5.32 Å². The summed E-state index contributed by atoms with van der Waals surface area (Å²) in [5.74, 6) is -1.06. The molecule has 0 unspecified atom stereocenters. The third-order valence-corrected chi connectivity index (χ3v) is 2.70. The molecule has 0 spiro atoms. The highest BCUT2D eigenvalue weighted by Gasteiger charge is 2.24. The van der Waals surface area contributed by atoms with Crippen molar-refractivity contribution in [3.63, 3.8) is 0 Å². The Hall–Kier alpha value is -1.60. The molecule has 2 rings (SSSR count). The largest absolute Gasteiger partial charge is 0.505 e. The number of halogens is 1. The molecule has 0 saturated carbocycles.